The first-order valence-electron chi connectivity index (χ1n) is 5.06. The lowest BCUT2D eigenvalue weighted by molar-refractivity contribution is -0.00289. The fraction of sp³-hybridized carbons (Fsp3) is 1.00. The van der Waals surface area contributed by atoms with Gasteiger partial charge in [-0.1, -0.05) is 0 Å². The molecule has 1 aliphatic heterocycles. The Morgan fingerprint density at radius 2 is 2.00 bits per heavy atom. The lowest BCUT2D eigenvalue weighted by atomic mass is 9.90. The molecule has 12 heavy (non-hydrogen) atoms. The van der Waals surface area contributed by atoms with Crippen LogP contribution in [0.25, 0.3) is 0 Å². The smallest absolute Gasteiger partial charge is 0.0723 e. The van der Waals surface area contributed by atoms with Crippen molar-refractivity contribution in [2.24, 2.45) is 5.41 Å². The standard InChI is InChI=1S/C10H19NO/c1-8(2)11-6-5-10(3-4-10)9(12)7-11/h8-9,12H,3-7H2,1-2H3/t9-/m0/s1. The number of aliphatic hydroxyl groups excluding tert-OH is 1. The molecule has 0 aromatic heterocycles. The van der Waals surface area contributed by atoms with Crippen LogP contribution in [0.4, 0.5) is 0 Å². The third-order valence-electron chi connectivity index (χ3n) is 3.63. The van der Waals surface area contributed by atoms with Crippen molar-refractivity contribution < 1.29 is 5.11 Å². The second-order valence-electron chi connectivity index (χ2n) is 4.72. The normalized spacial score (nSPS) is 34.5. The minimum Gasteiger partial charge on any atom is -0.391 e. The first kappa shape index (κ1) is 8.52. The van der Waals surface area contributed by atoms with E-state index in [1.165, 1.54) is 25.8 Å². The zero-order valence-electron chi connectivity index (χ0n) is 8.08. The van der Waals surface area contributed by atoms with E-state index in [2.05, 4.69) is 18.7 Å². The van der Waals surface area contributed by atoms with E-state index in [9.17, 15) is 5.11 Å². The minimum absolute atomic E-state index is 0.0475. The van der Waals surface area contributed by atoms with E-state index < -0.39 is 0 Å². The average molecular weight is 169 g/mol. The predicted octanol–water partition coefficient (Wildman–Crippen LogP) is 1.24. The predicted molar refractivity (Wildman–Crippen MR) is 49.0 cm³/mol. The SMILES string of the molecule is CC(C)N1CCC2(CC2)[C@@H](O)C1. The molecule has 2 nitrogen and oxygen atoms in total. The Hall–Kier alpha value is -0.0800. The number of nitrogens with zero attached hydrogens (tertiary/aromatic N) is 1. The lowest BCUT2D eigenvalue weighted by Gasteiger charge is -2.38. The zero-order chi connectivity index (χ0) is 8.77. The van der Waals surface area contributed by atoms with Gasteiger partial charge in [0.05, 0.1) is 6.10 Å². The number of aliphatic hydroxyl groups is 1. The van der Waals surface area contributed by atoms with E-state index in [0.29, 0.717) is 11.5 Å². The van der Waals surface area contributed by atoms with Gasteiger partial charge >= 0.3 is 0 Å². The summed E-state index contributed by atoms with van der Waals surface area (Å²) in [7, 11) is 0. The summed E-state index contributed by atoms with van der Waals surface area (Å²) in [5.74, 6) is 0. The first-order valence-corrected chi connectivity index (χ1v) is 5.06. The van der Waals surface area contributed by atoms with Gasteiger partial charge in [0.25, 0.3) is 0 Å². The summed E-state index contributed by atoms with van der Waals surface area (Å²) in [5, 5.41) is 9.88. The van der Waals surface area contributed by atoms with E-state index in [1.807, 2.05) is 0 Å². The third kappa shape index (κ3) is 1.27. The minimum atomic E-state index is -0.0475. The van der Waals surface area contributed by atoms with Gasteiger partial charge < -0.3 is 5.11 Å². The van der Waals surface area contributed by atoms with Crippen LogP contribution in [-0.4, -0.2) is 35.2 Å². The van der Waals surface area contributed by atoms with Gasteiger partial charge in [0.2, 0.25) is 0 Å². The fourth-order valence-corrected chi connectivity index (χ4v) is 2.25. The van der Waals surface area contributed by atoms with Gasteiger partial charge in [-0.25, -0.2) is 0 Å². The summed E-state index contributed by atoms with van der Waals surface area (Å²) in [5.41, 5.74) is 0.366. The molecule has 0 aromatic rings. The number of piperidine rings is 1. The molecule has 70 valence electrons. The molecule has 2 fully saturated rings. The monoisotopic (exact) mass is 169 g/mol. The molecule has 0 aromatic carbocycles. The summed E-state index contributed by atoms with van der Waals surface area (Å²) in [4.78, 5) is 2.38. The van der Waals surface area contributed by atoms with E-state index >= 15 is 0 Å². The molecule has 1 spiro atoms. The number of hydrogen-bond donors (Lipinski definition) is 1. The molecule has 1 aliphatic carbocycles. The van der Waals surface area contributed by atoms with E-state index in [4.69, 9.17) is 0 Å². The van der Waals surface area contributed by atoms with Gasteiger partial charge in [-0.05, 0) is 45.1 Å². The average Bonchev–Trinajstić information content (AvgIpc) is 2.76. The quantitative estimate of drug-likeness (QED) is 0.638. The summed E-state index contributed by atoms with van der Waals surface area (Å²) >= 11 is 0. The molecular weight excluding hydrogens is 150 g/mol. The summed E-state index contributed by atoms with van der Waals surface area (Å²) in [6.07, 6.45) is 3.70. The molecule has 1 heterocycles. The van der Waals surface area contributed by atoms with E-state index in [1.54, 1.807) is 0 Å². The van der Waals surface area contributed by atoms with E-state index in [0.717, 1.165) is 6.54 Å². The van der Waals surface area contributed by atoms with Crippen molar-refractivity contribution in [3.63, 3.8) is 0 Å². The number of rotatable bonds is 1. The highest BCUT2D eigenvalue weighted by atomic mass is 16.3. The van der Waals surface area contributed by atoms with Crippen LogP contribution in [0.15, 0.2) is 0 Å². The first-order chi connectivity index (χ1) is 5.64. The molecule has 0 unspecified atom stereocenters. The van der Waals surface area contributed by atoms with Crippen molar-refractivity contribution in [1.29, 1.82) is 0 Å². The van der Waals surface area contributed by atoms with Gasteiger partial charge in [-0.3, -0.25) is 4.90 Å². The largest absolute Gasteiger partial charge is 0.391 e. The molecule has 0 bridgehead atoms. The van der Waals surface area contributed by atoms with Gasteiger partial charge in [0, 0.05) is 12.6 Å². The van der Waals surface area contributed by atoms with Gasteiger partial charge in [-0.15, -0.1) is 0 Å². The van der Waals surface area contributed by atoms with Crippen LogP contribution in [0, 0.1) is 5.41 Å². The van der Waals surface area contributed by atoms with Crippen molar-refractivity contribution in [1.82, 2.24) is 4.90 Å². The second kappa shape index (κ2) is 2.71. The maximum absolute atomic E-state index is 9.88. The molecule has 1 N–H and O–H groups in total. The highest BCUT2D eigenvalue weighted by molar-refractivity contribution is 5.03. The number of hydrogen-bond acceptors (Lipinski definition) is 2. The van der Waals surface area contributed by atoms with Crippen molar-refractivity contribution in [3.05, 3.63) is 0 Å². The third-order valence-corrected chi connectivity index (χ3v) is 3.63. The van der Waals surface area contributed by atoms with Gasteiger partial charge in [-0.2, -0.15) is 0 Å². The molecule has 0 amide bonds. The fourth-order valence-electron chi connectivity index (χ4n) is 2.25. The van der Waals surface area contributed by atoms with Crippen molar-refractivity contribution in [2.45, 2.75) is 45.3 Å². The Kier molecular flexibility index (Phi) is 1.92. The second-order valence-corrected chi connectivity index (χ2v) is 4.72. The Labute approximate surface area is 74.6 Å². The van der Waals surface area contributed by atoms with Crippen molar-refractivity contribution >= 4 is 0 Å². The van der Waals surface area contributed by atoms with Gasteiger partial charge in [0.1, 0.15) is 0 Å². The highest BCUT2D eigenvalue weighted by Crippen LogP contribution is 2.53. The molecule has 1 saturated carbocycles. The molecule has 1 saturated heterocycles. The summed E-state index contributed by atoms with van der Waals surface area (Å²) in [6, 6.07) is 0.593. The van der Waals surface area contributed by atoms with Crippen LogP contribution in [0.2, 0.25) is 0 Å². The molecule has 0 radical (unpaired) electrons. The molecule has 2 heteroatoms. The van der Waals surface area contributed by atoms with Crippen LogP contribution in [0.5, 0.6) is 0 Å². The summed E-state index contributed by atoms with van der Waals surface area (Å²) in [6.45, 7) is 6.50. The van der Waals surface area contributed by atoms with E-state index in [-0.39, 0.29) is 6.10 Å². The van der Waals surface area contributed by atoms with Crippen LogP contribution in [0.3, 0.4) is 0 Å². The van der Waals surface area contributed by atoms with Crippen molar-refractivity contribution in [2.75, 3.05) is 13.1 Å². The van der Waals surface area contributed by atoms with Crippen LogP contribution < -0.4 is 0 Å². The van der Waals surface area contributed by atoms with Crippen molar-refractivity contribution in [3.8, 4) is 0 Å². The Morgan fingerprint density at radius 3 is 2.42 bits per heavy atom. The highest BCUT2D eigenvalue weighted by Gasteiger charge is 2.51. The molecule has 1 atom stereocenters. The van der Waals surface area contributed by atoms with Crippen LogP contribution in [0.1, 0.15) is 33.1 Å². The Morgan fingerprint density at radius 1 is 1.33 bits per heavy atom. The molecule has 2 aliphatic rings. The van der Waals surface area contributed by atoms with Crippen LogP contribution >= 0.6 is 0 Å². The maximum Gasteiger partial charge on any atom is 0.0723 e. The Bertz CT molecular complexity index is 175. The van der Waals surface area contributed by atoms with Gasteiger partial charge in [0.15, 0.2) is 0 Å². The van der Waals surface area contributed by atoms with Crippen LogP contribution in [-0.2, 0) is 0 Å². The zero-order valence-corrected chi connectivity index (χ0v) is 8.08. The molecule has 2 rings (SSSR count). The molecular formula is C10H19NO. The number of β-amino-alcohol motifs (C(OH)–C–C–N with tert-alkyl or cyclic N) is 1. The maximum atomic E-state index is 9.88. The summed E-state index contributed by atoms with van der Waals surface area (Å²) < 4.78 is 0. The lowest BCUT2D eigenvalue weighted by Crippen LogP contribution is -2.47. The number of likely N-dealkylation sites (tertiary alicyclic amines) is 1. The Balaban J connectivity index is 1.94. The topological polar surface area (TPSA) is 23.5 Å².